The summed E-state index contributed by atoms with van der Waals surface area (Å²) in [7, 11) is 0. The molecule has 106 valence electrons. The molecule has 0 aliphatic carbocycles. The molecule has 1 N–H and O–H groups in total. The maximum Gasteiger partial charge on any atom is 0.416 e. The third kappa shape index (κ3) is 4.31. The van der Waals surface area contributed by atoms with Gasteiger partial charge in [0.15, 0.2) is 0 Å². The van der Waals surface area contributed by atoms with Crippen molar-refractivity contribution in [2.24, 2.45) is 0 Å². The van der Waals surface area contributed by atoms with Crippen molar-refractivity contribution in [1.82, 2.24) is 10.3 Å². The van der Waals surface area contributed by atoms with Crippen LogP contribution < -0.4 is 5.32 Å². The number of pyridine rings is 1. The van der Waals surface area contributed by atoms with Crippen LogP contribution in [0.25, 0.3) is 0 Å². The third-order valence-corrected chi connectivity index (χ3v) is 3.10. The Balaban J connectivity index is 1.94. The molecule has 2 aromatic rings. The van der Waals surface area contributed by atoms with Gasteiger partial charge in [-0.25, -0.2) is 4.98 Å². The fourth-order valence-electron chi connectivity index (χ4n) is 1.74. The van der Waals surface area contributed by atoms with Crippen LogP contribution in [-0.4, -0.2) is 4.98 Å². The zero-order valence-electron chi connectivity index (χ0n) is 10.4. The lowest BCUT2D eigenvalue weighted by molar-refractivity contribution is -0.137. The van der Waals surface area contributed by atoms with E-state index in [1.807, 2.05) is 18.2 Å². The zero-order chi connectivity index (χ0) is 14.6. The number of nitrogens with one attached hydrogen (secondary N) is 1. The van der Waals surface area contributed by atoms with E-state index in [4.69, 9.17) is 0 Å². The summed E-state index contributed by atoms with van der Waals surface area (Å²) in [5.74, 6) is 0. The van der Waals surface area contributed by atoms with Gasteiger partial charge >= 0.3 is 6.18 Å². The van der Waals surface area contributed by atoms with Crippen LogP contribution in [0.2, 0.25) is 0 Å². The van der Waals surface area contributed by atoms with Crippen LogP contribution in [0.5, 0.6) is 0 Å². The van der Waals surface area contributed by atoms with E-state index < -0.39 is 11.7 Å². The van der Waals surface area contributed by atoms with E-state index in [1.165, 1.54) is 6.07 Å². The Morgan fingerprint density at radius 2 is 1.80 bits per heavy atom. The van der Waals surface area contributed by atoms with Crippen LogP contribution in [0.3, 0.4) is 0 Å². The van der Waals surface area contributed by atoms with Gasteiger partial charge in [0.1, 0.15) is 4.60 Å². The number of nitrogens with zero attached hydrogens (tertiary/aromatic N) is 1. The number of halogens is 4. The van der Waals surface area contributed by atoms with Crippen LogP contribution in [0.1, 0.15) is 16.8 Å². The summed E-state index contributed by atoms with van der Waals surface area (Å²) < 4.78 is 38.4. The Hall–Kier alpha value is -1.40. The van der Waals surface area contributed by atoms with Crippen molar-refractivity contribution in [3.8, 4) is 0 Å². The Bertz CT molecular complexity index is 585. The average molecular weight is 345 g/mol. The highest BCUT2D eigenvalue weighted by molar-refractivity contribution is 9.10. The highest BCUT2D eigenvalue weighted by atomic mass is 79.9. The van der Waals surface area contributed by atoms with Crippen molar-refractivity contribution in [1.29, 1.82) is 0 Å². The van der Waals surface area contributed by atoms with Crippen molar-refractivity contribution in [3.05, 3.63) is 63.9 Å². The van der Waals surface area contributed by atoms with Gasteiger partial charge in [-0.15, -0.1) is 0 Å². The van der Waals surface area contributed by atoms with Gasteiger partial charge < -0.3 is 5.32 Å². The Kier molecular flexibility index (Phi) is 4.77. The molecule has 0 aliphatic rings. The predicted octanol–water partition coefficient (Wildman–Crippen LogP) is 4.15. The van der Waals surface area contributed by atoms with Crippen molar-refractivity contribution < 1.29 is 13.2 Å². The van der Waals surface area contributed by atoms with E-state index in [2.05, 4.69) is 26.2 Å². The topological polar surface area (TPSA) is 24.9 Å². The van der Waals surface area contributed by atoms with Crippen LogP contribution in [0.4, 0.5) is 13.2 Å². The van der Waals surface area contributed by atoms with Crippen molar-refractivity contribution in [2.75, 3.05) is 0 Å². The first-order valence-electron chi connectivity index (χ1n) is 5.93. The second-order valence-electron chi connectivity index (χ2n) is 4.25. The van der Waals surface area contributed by atoms with E-state index in [-0.39, 0.29) is 0 Å². The predicted molar refractivity (Wildman–Crippen MR) is 73.9 cm³/mol. The smallest absolute Gasteiger partial charge is 0.307 e. The lowest BCUT2D eigenvalue weighted by Gasteiger charge is -2.09. The third-order valence-electron chi connectivity index (χ3n) is 2.66. The number of aromatic nitrogens is 1. The van der Waals surface area contributed by atoms with E-state index >= 15 is 0 Å². The Labute approximate surface area is 123 Å². The van der Waals surface area contributed by atoms with Gasteiger partial charge in [0.05, 0.1) is 11.3 Å². The highest BCUT2D eigenvalue weighted by Gasteiger charge is 2.30. The van der Waals surface area contributed by atoms with Crippen molar-refractivity contribution >= 4 is 15.9 Å². The molecular formula is C14H12BrF3N2. The molecule has 0 amide bonds. The number of hydrogen-bond donors (Lipinski definition) is 1. The zero-order valence-corrected chi connectivity index (χ0v) is 12.0. The summed E-state index contributed by atoms with van der Waals surface area (Å²) >= 11 is 3.27. The normalized spacial score (nSPS) is 11.6. The van der Waals surface area contributed by atoms with Crippen molar-refractivity contribution in [2.45, 2.75) is 19.3 Å². The van der Waals surface area contributed by atoms with E-state index in [9.17, 15) is 13.2 Å². The molecule has 0 atom stereocenters. The molecule has 2 rings (SSSR count). The second kappa shape index (κ2) is 6.37. The summed E-state index contributed by atoms with van der Waals surface area (Å²) in [5.41, 5.74) is 0.790. The molecular weight excluding hydrogens is 333 g/mol. The molecule has 1 aromatic heterocycles. The summed E-state index contributed by atoms with van der Waals surface area (Å²) in [6, 6.07) is 10.8. The minimum absolute atomic E-state index is 0.359. The van der Waals surface area contributed by atoms with E-state index in [0.29, 0.717) is 18.7 Å². The average Bonchev–Trinajstić information content (AvgIpc) is 2.38. The van der Waals surface area contributed by atoms with Gasteiger partial charge in [-0.3, -0.25) is 0 Å². The molecule has 0 unspecified atom stereocenters. The first-order chi connectivity index (χ1) is 9.45. The molecule has 2 nitrogen and oxygen atoms in total. The maximum absolute atomic E-state index is 12.6. The Morgan fingerprint density at radius 1 is 1.05 bits per heavy atom. The quantitative estimate of drug-likeness (QED) is 0.842. The van der Waals surface area contributed by atoms with Gasteiger partial charge in [0.2, 0.25) is 0 Å². The second-order valence-corrected chi connectivity index (χ2v) is 5.07. The van der Waals surface area contributed by atoms with Gasteiger partial charge in [-0.05, 0) is 39.7 Å². The summed E-state index contributed by atoms with van der Waals surface area (Å²) in [6.07, 6.45) is -4.30. The van der Waals surface area contributed by atoms with Gasteiger partial charge in [-0.1, -0.05) is 24.3 Å². The molecule has 1 aromatic carbocycles. The van der Waals surface area contributed by atoms with Crippen molar-refractivity contribution in [3.63, 3.8) is 0 Å². The largest absolute Gasteiger partial charge is 0.416 e. The molecule has 0 spiro atoms. The molecule has 0 radical (unpaired) electrons. The molecule has 0 fully saturated rings. The molecule has 20 heavy (non-hydrogen) atoms. The summed E-state index contributed by atoms with van der Waals surface area (Å²) in [4.78, 5) is 4.24. The molecule has 0 saturated carbocycles. The van der Waals surface area contributed by atoms with Crippen LogP contribution >= 0.6 is 15.9 Å². The highest BCUT2D eigenvalue weighted by Crippen LogP contribution is 2.29. The first kappa shape index (κ1) is 15.0. The van der Waals surface area contributed by atoms with E-state index in [0.717, 1.165) is 22.4 Å². The lowest BCUT2D eigenvalue weighted by Crippen LogP contribution is -2.14. The number of benzene rings is 1. The van der Waals surface area contributed by atoms with Gasteiger partial charge in [0, 0.05) is 13.1 Å². The van der Waals surface area contributed by atoms with Crippen LogP contribution in [0, 0.1) is 0 Å². The Morgan fingerprint density at radius 3 is 2.50 bits per heavy atom. The van der Waals surface area contributed by atoms with Gasteiger partial charge in [-0.2, -0.15) is 13.2 Å². The summed E-state index contributed by atoms with van der Waals surface area (Å²) in [6.45, 7) is 0.855. The fourth-order valence-corrected chi connectivity index (χ4v) is 2.12. The molecule has 0 saturated heterocycles. The van der Waals surface area contributed by atoms with Crippen LogP contribution in [0.15, 0.2) is 47.1 Å². The number of hydrogen-bond acceptors (Lipinski definition) is 2. The van der Waals surface area contributed by atoms with E-state index in [1.54, 1.807) is 6.07 Å². The lowest BCUT2D eigenvalue weighted by atomic mass is 10.1. The SMILES string of the molecule is FC(F)(F)c1cccc(CNCc2cccc(Br)n2)c1. The first-order valence-corrected chi connectivity index (χ1v) is 6.73. The molecule has 0 bridgehead atoms. The number of rotatable bonds is 4. The fraction of sp³-hybridized carbons (Fsp3) is 0.214. The minimum Gasteiger partial charge on any atom is -0.307 e. The van der Waals surface area contributed by atoms with Gasteiger partial charge in [0.25, 0.3) is 0 Å². The monoisotopic (exact) mass is 344 g/mol. The molecule has 0 aliphatic heterocycles. The molecule has 1 heterocycles. The molecule has 6 heteroatoms. The standard InChI is InChI=1S/C14H12BrF3N2/c15-13-6-2-5-12(20-13)9-19-8-10-3-1-4-11(7-10)14(16,17)18/h1-7,19H,8-9H2. The maximum atomic E-state index is 12.6. The minimum atomic E-state index is -4.30. The summed E-state index contributed by atoms with van der Waals surface area (Å²) in [5, 5.41) is 3.07. The van der Waals surface area contributed by atoms with Crippen LogP contribution in [-0.2, 0) is 19.3 Å². The number of alkyl halides is 3.